The van der Waals surface area contributed by atoms with E-state index in [1.54, 1.807) is 36.7 Å². The Morgan fingerprint density at radius 1 is 0.833 bits per heavy atom. The molecule has 2 N–H and O–H groups in total. The number of carbonyl (C=O) groups is 2. The van der Waals surface area contributed by atoms with Gasteiger partial charge >= 0.3 is 5.97 Å². The number of amides is 1. The Labute approximate surface area is 242 Å². The second-order valence-electron chi connectivity index (χ2n) is 10.5. The van der Waals surface area contributed by atoms with Crippen LogP contribution in [0.2, 0.25) is 0 Å². The molecule has 0 spiro atoms. The normalized spacial score (nSPS) is 12.7. The van der Waals surface area contributed by atoms with E-state index in [1.807, 2.05) is 29.7 Å². The van der Waals surface area contributed by atoms with E-state index in [0.29, 0.717) is 22.2 Å². The molecule has 0 aliphatic rings. The number of benzene rings is 4. The van der Waals surface area contributed by atoms with Crippen LogP contribution in [0.25, 0.3) is 27.4 Å². The maximum absolute atomic E-state index is 14.1. The van der Waals surface area contributed by atoms with Crippen molar-refractivity contribution in [1.29, 1.82) is 0 Å². The molecule has 0 saturated carbocycles. The van der Waals surface area contributed by atoms with Gasteiger partial charge in [-0.05, 0) is 70.3 Å². The number of pyridine rings is 1. The molecular weight excluding hydrogens is 529 g/mol. The van der Waals surface area contributed by atoms with Crippen molar-refractivity contribution in [3.63, 3.8) is 0 Å². The van der Waals surface area contributed by atoms with Crippen LogP contribution in [0.1, 0.15) is 63.3 Å². The highest BCUT2D eigenvalue weighted by Crippen LogP contribution is 2.33. The van der Waals surface area contributed by atoms with Gasteiger partial charge in [-0.15, -0.1) is 0 Å². The summed E-state index contributed by atoms with van der Waals surface area (Å²) in [5, 5.41) is 14.6. The Bertz CT molecular complexity index is 1960. The highest BCUT2D eigenvalue weighted by molar-refractivity contribution is 6.03. The van der Waals surface area contributed by atoms with Gasteiger partial charge in [-0.3, -0.25) is 4.79 Å². The van der Waals surface area contributed by atoms with Gasteiger partial charge in [0, 0.05) is 12.1 Å². The minimum atomic E-state index is -1.01. The molecule has 0 aliphatic carbocycles. The largest absolute Gasteiger partial charge is 0.478 e. The Hall–Kier alpha value is -5.30. The molecule has 0 saturated heterocycles. The van der Waals surface area contributed by atoms with E-state index in [2.05, 4.69) is 42.6 Å². The summed E-state index contributed by atoms with van der Waals surface area (Å²) in [7, 11) is 0. The maximum atomic E-state index is 14.1. The summed E-state index contributed by atoms with van der Waals surface area (Å²) in [4.78, 5) is 30.0. The molecule has 0 unspecified atom stereocenters. The van der Waals surface area contributed by atoms with E-state index >= 15 is 0 Å². The molecule has 208 valence electrons. The quantitative estimate of drug-likeness (QED) is 0.211. The minimum Gasteiger partial charge on any atom is -0.478 e. The molecule has 0 bridgehead atoms. The van der Waals surface area contributed by atoms with Crippen molar-refractivity contribution in [3.05, 3.63) is 143 Å². The first-order chi connectivity index (χ1) is 20.3. The molecular formula is C35H28FN3O3. The molecule has 42 heavy (non-hydrogen) atoms. The average Bonchev–Trinajstić information content (AvgIpc) is 3.44. The molecule has 6 rings (SSSR count). The molecule has 0 aliphatic heterocycles. The van der Waals surface area contributed by atoms with Crippen LogP contribution in [-0.2, 0) is 0 Å². The number of carboxylic acids is 1. The molecule has 7 heteroatoms. The number of fused-ring (bicyclic) bond motifs is 2. The fourth-order valence-electron chi connectivity index (χ4n) is 5.38. The zero-order valence-corrected chi connectivity index (χ0v) is 23.1. The highest BCUT2D eigenvalue weighted by atomic mass is 19.1. The molecule has 2 atom stereocenters. The smallest absolute Gasteiger partial charge is 0.335 e. The maximum Gasteiger partial charge on any atom is 0.335 e. The predicted octanol–water partition coefficient (Wildman–Crippen LogP) is 7.63. The van der Waals surface area contributed by atoms with Gasteiger partial charge in [-0.1, -0.05) is 73.7 Å². The number of aromatic carboxylic acids is 1. The Morgan fingerprint density at radius 2 is 1.57 bits per heavy atom. The Balaban J connectivity index is 1.43. The van der Waals surface area contributed by atoms with Gasteiger partial charge in [0.05, 0.1) is 34.7 Å². The monoisotopic (exact) mass is 557 g/mol. The van der Waals surface area contributed by atoms with Crippen LogP contribution in [-0.4, -0.2) is 26.4 Å². The van der Waals surface area contributed by atoms with Gasteiger partial charge in [-0.2, -0.15) is 0 Å². The van der Waals surface area contributed by atoms with Gasteiger partial charge in [0.1, 0.15) is 5.82 Å². The zero-order chi connectivity index (χ0) is 29.4. The number of halogens is 1. The van der Waals surface area contributed by atoms with Crippen molar-refractivity contribution in [2.75, 3.05) is 0 Å². The van der Waals surface area contributed by atoms with Crippen molar-refractivity contribution >= 4 is 28.2 Å². The van der Waals surface area contributed by atoms with Crippen LogP contribution in [0.15, 0.2) is 110 Å². The fourth-order valence-corrected chi connectivity index (χ4v) is 5.38. The predicted molar refractivity (Wildman–Crippen MR) is 161 cm³/mol. The van der Waals surface area contributed by atoms with E-state index in [-0.39, 0.29) is 23.2 Å². The number of imidazole rings is 1. The molecule has 2 aromatic heterocycles. The summed E-state index contributed by atoms with van der Waals surface area (Å²) in [6, 6.07) is 28.5. The summed E-state index contributed by atoms with van der Waals surface area (Å²) in [6.45, 7) is 3.91. The number of aromatic nitrogens is 2. The molecule has 4 aromatic carbocycles. The van der Waals surface area contributed by atoms with Gasteiger partial charge in [0.15, 0.2) is 0 Å². The second kappa shape index (κ2) is 10.9. The first-order valence-corrected chi connectivity index (χ1v) is 13.7. The third kappa shape index (κ3) is 5.12. The summed E-state index contributed by atoms with van der Waals surface area (Å²) in [5.41, 5.74) is 5.15. The fraction of sp³-hybridized carbons (Fsp3) is 0.114. The van der Waals surface area contributed by atoms with E-state index in [9.17, 15) is 19.1 Å². The number of carboxylic acid groups (broad SMARTS) is 1. The standard InChI is InChI=1S/C35H28FN3O3/c1-21(26-15-12-24-6-3-4-7-27(24)16-26)32-33-31(34(40)38-22(2)23-10-13-25(14-11-23)35(41)42)18-29(19-39(33)20-37-32)28-8-5-9-30(36)17-28/h3-22H,1-2H3,(H,38,40)(H,41,42)/t21-,22-/m0/s1. The molecule has 6 nitrogen and oxygen atoms in total. The molecule has 0 fully saturated rings. The number of hydrogen-bond acceptors (Lipinski definition) is 3. The van der Waals surface area contributed by atoms with Gasteiger partial charge < -0.3 is 14.8 Å². The van der Waals surface area contributed by atoms with Crippen LogP contribution >= 0.6 is 0 Å². The number of carbonyl (C=O) groups excluding carboxylic acids is 1. The van der Waals surface area contributed by atoms with Crippen LogP contribution in [0, 0.1) is 5.82 Å². The van der Waals surface area contributed by atoms with Crippen molar-refractivity contribution in [2.45, 2.75) is 25.8 Å². The Morgan fingerprint density at radius 3 is 2.31 bits per heavy atom. The highest BCUT2D eigenvalue weighted by Gasteiger charge is 2.23. The SMILES string of the molecule is C[C@@H](c1ccc2ccccc2c1)c1ncn2cc(-c3cccc(F)c3)cc(C(=O)N[C@@H](C)c3ccc(C(=O)O)cc3)c12. The van der Waals surface area contributed by atoms with E-state index in [0.717, 1.165) is 27.6 Å². The molecule has 0 radical (unpaired) electrons. The van der Waals surface area contributed by atoms with Crippen LogP contribution in [0.4, 0.5) is 4.39 Å². The lowest BCUT2D eigenvalue weighted by atomic mass is 9.93. The molecule has 2 heterocycles. The van der Waals surface area contributed by atoms with Crippen molar-refractivity contribution in [2.24, 2.45) is 0 Å². The van der Waals surface area contributed by atoms with Crippen molar-refractivity contribution in [1.82, 2.24) is 14.7 Å². The van der Waals surface area contributed by atoms with E-state index in [1.165, 1.54) is 24.3 Å². The third-order valence-electron chi connectivity index (χ3n) is 7.75. The Kier molecular flexibility index (Phi) is 7.00. The van der Waals surface area contributed by atoms with E-state index < -0.39 is 12.0 Å². The summed E-state index contributed by atoms with van der Waals surface area (Å²) in [6.07, 6.45) is 3.55. The minimum absolute atomic E-state index is 0.118. The lowest BCUT2D eigenvalue weighted by molar-refractivity contribution is 0.0696. The first kappa shape index (κ1) is 26.9. The van der Waals surface area contributed by atoms with Crippen molar-refractivity contribution in [3.8, 4) is 11.1 Å². The first-order valence-electron chi connectivity index (χ1n) is 13.7. The lowest BCUT2D eigenvalue weighted by Crippen LogP contribution is -2.27. The number of nitrogens with zero attached hydrogens (tertiary/aromatic N) is 2. The summed E-state index contributed by atoms with van der Waals surface area (Å²) < 4.78 is 16.0. The zero-order valence-electron chi connectivity index (χ0n) is 23.1. The number of nitrogens with one attached hydrogen (secondary N) is 1. The van der Waals surface area contributed by atoms with Crippen LogP contribution in [0.3, 0.4) is 0 Å². The molecule has 1 amide bonds. The average molecular weight is 558 g/mol. The number of rotatable bonds is 7. The second-order valence-corrected chi connectivity index (χ2v) is 10.5. The molecule has 6 aromatic rings. The van der Waals surface area contributed by atoms with Gasteiger partial charge in [0.25, 0.3) is 5.91 Å². The van der Waals surface area contributed by atoms with E-state index in [4.69, 9.17) is 4.98 Å². The van der Waals surface area contributed by atoms with Crippen LogP contribution in [0.5, 0.6) is 0 Å². The van der Waals surface area contributed by atoms with Gasteiger partial charge in [-0.25, -0.2) is 14.2 Å². The topological polar surface area (TPSA) is 83.7 Å². The third-order valence-corrected chi connectivity index (χ3v) is 7.75. The number of hydrogen-bond donors (Lipinski definition) is 2. The summed E-state index contributed by atoms with van der Waals surface area (Å²) >= 11 is 0. The van der Waals surface area contributed by atoms with Crippen molar-refractivity contribution < 1.29 is 19.1 Å². The van der Waals surface area contributed by atoms with Crippen LogP contribution < -0.4 is 5.32 Å². The summed E-state index contributed by atoms with van der Waals surface area (Å²) in [5.74, 6) is -1.82. The van der Waals surface area contributed by atoms with Gasteiger partial charge in [0.2, 0.25) is 0 Å². The lowest BCUT2D eigenvalue weighted by Gasteiger charge is -2.18.